The third-order valence-electron chi connectivity index (χ3n) is 3.78. The maximum atomic E-state index is 6.16. The second kappa shape index (κ2) is 4.97. The Morgan fingerprint density at radius 3 is 2.24 bits per heavy atom. The van der Waals surface area contributed by atoms with Crippen molar-refractivity contribution < 1.29 is 0 Å². The van der Waals surface area contributed by atoms with Crippen LogP contribution in [0, 0.1) is 17.8 Å². The summed E-state index contributed by atoms with van der Waals surface area (Å²) >= 11 is 6.16. The van der Waals surface area contributed by atoms with Crippen LogP contribution < -0.4 is 0 Å². The maximum absolute atomic E-state index is 6.16. The Kier molecular flexibility index (Phi) is 3.76. The van der Waals surface area contributed by atoms with Crippen molar-refractivity contribution in [2.24, 2.45) is 17.8 Å². The summed E-state index contributed by atoms with van der Waals surface area (Å²) in [5.41, 5.74) is 0. The summed E-state index contributed by atoms with van der Waals surface area (Å²) in [5.74, 6) is 3.64. The lowest BCUT2D eigenvalue weighted by atomic mass is 9.85. The van der Waals surface area contributed by atoms with Crippen LogP contribution >= 0.6 is 11.6 Å². The third-order valence-corrected chi connectivity index (χ3v) is 4.06. The lowest BCUT2D eigenvalue weighted by Crippen LogP contribution is -2.23. The topological polar surface area (TPSA) is 30.7 Å². The molecule has 0 amide bonds. The highest BCUT2D eigenvalue weighted by molar-refractivity contribution is 6.28. The van der Waals surface area contributed by atoms with E-state index in [0.717, 1.165) is 12.4 Å². The summed E-state index contributed by atoms with van der Waals surface area (Å²) < 4.78 is 2.13. The number of halogens is 1. The van der Waals surface area contributed by atoms with Crippen LogP contribution in [0.3, 0.4) is 0 Å². The van der Waals surface area contributed by atoms with Crippen molar-refractivity contribution in [2.45, 2.75) is 53.0 Å². The highest BCUT2D eigenvalue weighted by atomic mass is 35.5. The van der Waals surface area contributed by atoms with Crippen LogP contribution in [0.4, 0.5) is 0 Å². The highest BCUT2D eigenvalue weighted by Gasteiger charge is 2.31. The van der Waals surface area contributed by atoms with Gasteiger partial charge in [0.2, 0.25) is 5.28 Å². The summed E-state index contributed by atoms with van der Waals surface area (Å²) in [7, 11) is 0. The molecule has 96 valence electrons. The summed E-state index contributed by atoms with van der Waals surface area (Å²) in [6, 6.07) is 0. The molecule has 0 spiro atoms. The fraction of sp³-hybridized carbons (Fsp3) is 0.846. The van der Waals surface area contributed by atoms with E-state index in [1.807, 2.05) is 0 Å². The normalized spacial score (nSPS) is 16.5. The Hall–Kier alpha value is -0.570. The van der Waals surface area contributed by atoms with Crippen LogP contribution in [-0.4, -0.2) is 14.8 Å². The molecule has 17 heavy (non-hydrogen) atoms. The van der Waals surface area contributed by atoms with Crippen molar-refractivity contribution >= 4 is 11.6 Å². The van der Waals surface area contributed by atoms with Crippen LogP contribution in [0.25, 0.3) is 0 Å². The number of hydrogen-bond acceptors (Lipinski definition) is 2. The van der Waals surface area contributed by atoms with Crippen molar-refractivity contribution in [2.75, 3.05) is 0 Å². The van der Waals surface area contributed by atoms with E-state index < -0.39 is 0 Å². The first-order valence-corrected chi connectivity index (χ1v) is 6.97. The fourth-order valence-corrected chi connectivity index (χ4v) is 2.70. The number of rotatable bonds is 5. The summed E-state index contributed by atoms with van der Waals surface area (Å²) in [6.07, 6.45) is 2.48. The zero-order valence-electron chi connectivity index (χ0n) is 11.2. The molecule has 0 radical (unpaired) electrons. The molecule has 1 heterocycles. The zero-order chi connectivity index (χ0) is 12.6. The molecule has 1 aromatic heterocycles. The first-order chi connectivity index (χ1) is 8.00. The second-order valence-corrected chi connectivity index (χ2v) is 6.20. The molecule has 1 saturated carbocycles. The standard InChI is InChI=1S/C13H22ClN3/c1-8(2)11(9(3)4)7-17-12(10-5-6-10)15-16-13(17)14/h8-11H,5-7H2,1-4H3. The van der Waals surface area contributed by atoms with Crippen molar-refractivity contribution in [3.63, 3.8) is 0 Å². The average Bonchev–Trinajstić information content (AvgIpc) is 3.00. The van der Waals surface area contributed by atoms with E-state index in [-0.39, 0.29) is 0 Å². The Labute approximate surface area is 109 Å². The van der Waals surface area contributed by atoms with E-state index in [1.165, 1.54) is 12.8 Å². The molecule has 0 saturated heterocycles. The fourth-order valence-electron chi connectivity index (χ4n) is 2.51. The number of aromatic nitrogens is 3. The summed E-state index contributed by atoms with van der Waals surface area (Å²) in [4.78, 5) is 0. The molecular formula is C13H22ClN3. The molecule has 0 N–H and O–H groups in total. The molecule has 1 aliphatic carbocycles. The van der Waals surface area contributed by atoms with Crippen molar-refractivity contribution in [1.29, 1.82) is 0 Å². The zero-order valence-corrected chi connectivity index (χ0v) is 11.9. The van der Waals surface area contributed by atoms with Crippen LogP contribution in [0.2, 0.25) is 5.28 Å². The third kappa shape index (κ3) is 2.82. The van der Waals surface area contributed by atoms with Gasteiger partial charge in [-0.05, 0) is 42.2 Å². The van der Waals surface area contributed by atoms with Gasteiger partial charge in [0.15, 0.2) is 0 Å². The molecule has 0 bridgehead atoms. The van der Waals surface area contributed by atoms with Gasteiger partial charge in [0.25, 0.3) is 0 Å². The Balaban J connectivity index is 2.18. The molecule has 1 aliphatic rings. The first-order valence-electron chi connectivity index (χ1n) is 6.59. The molecule has 0 aliphatic heterocycles. The van der Waals surface area contributed by atoms with Crippen LogP contribution in [0.5, 0.6) is 0 Å². The van der Waals surface area contributed by atoms with E-state index >= 15 is 0 Å². The van der Waals surface area contributed by atoms with Gasteiger partial charge in [0, 0.05) is 12.5 Å². The molecule has 4 heteroatoms. The van der Waals surface area contributed by atoms with E-state index in [9.17, 15) is 0 Å². The van der Waals surface area contributed by atoms with Gasteiger partial charge in [-0.1, -0.05) is 27.7 Å². The molecule has 1 fully saturated rings. The summed E-state index contributed by atoms with van der Waals surface area (Å²) in [5, 5.41) is 8.81. The van der Waals surface area contributed by atoms with Crippen LogP contribution in [0.15, 0.2) is 0 Å². The highest BCUT2D eigenvalue weighted by Crippen LogP contribution is 2.40. The van der Waals surface area contributed by atoms with Crippen molar-refractivity contribution in [1.82, 2.24) is 14.8 Å². The second-order valence-electron chi connectivity index (χ2n) is 5.86. The van der Waals surface area contributed by atoms with Crippen LogP contribution in [0.1, 0.15) is 52.3 Å². The minimum absolute atomic E-state index is 0.554. The molecular weight excluding hydrogens is 234 g/mol. The van der Waals surface area contributed by atoms with Gasteiger partial charge in [-0.3, -0.25) is 0 Å². The van der Waals surface area contributed by atoms with E-state index in [0.29, 0.717) is 29.0 Å². The first kappa shape index (κ1) is 12.9. The monoisotopic (exact) mass is 255 g/mol. The Morgan fingerprint density at radius 1 is 1.18 bits per heavy atom. The molecule has 3 nitrogen and oxygen atoms in total. The maximum Gasteiger partial charge on any atom is 0.225 e. The Morgan fingerprint density at radius 2 is 1.76 bits per heavy atom. The predicted molar refractivity (Wildman–Crippen MR) is 70.2 cm³/mol. The average molecular weight is 256 g/mol. The van der Waals surface area contributed by atoms with E-state index in [1.54, 1.807) is 0 Å². The molecule has 0 unspecified atom stereocenters. The quantitative estimate of drug-likeness (QED) is 0.803. The lowest BCUT2D eigenvalue weighted by molar-refractivity contribution is 0.249. The van der Waals surface area contributed by atoms with Gasteiger partial charge < -0.3 is 4.57 Å². The van der Waals surface area contributed by atoms with Crippen molar-refractivity contribution in [3.8, 4) is 0 Å². The van der Waals surface area contributed by atoms with Crippen LogP contribution in [-0.2, 0) is 6.54 Å². The minimum atomic E-state index is 0.554. The molecule has 1 aromatic rings. The van der Waals surface area contributed by atoms with Gasteiger partial charge in [-0.2, -0.15) is 0 Å². The van der Waals surface area contributed by atoms with Gasteiger partial charge in [-0.15, -0.1) is 10.2 Å². The van der Waals surface area contributed by atoms with E-state index in [4.69, 9.17) is 11.6 Å². The molecule has 0 atom stereocenters. The predicted octanol–water partition coefficient (Wildman–Crippen LogP) is 3.74. The smallest absolute Gasteiger partial charge is 0.225 e. The van der Waals surface area contributed by atoms with Gasteiger partial charge in [0.05, 0.1) is 0 Å². The number of hydrogen-bond donors (Lipinski definition) is 0. The molecule has 0 aromatic carbocycles. The van der Waals surface area contributed by atoms with E-state index in [2.05, 4.69) is 42.5 Å². The van der Waals surface area contributed by atoms with Gasteiger partial charge >= 0.3 is 0 Å². The Bertz CT molecular complexity index is 372. The SMILES string of the molecule is CC(C)C(Cn1c(Cl)nnc1C1CC1)C(C)C. The minimum Gasteiger partial charge on any atom is -0.301 e. The lowest BCUT2D eigenvalue weighted by Gasteiger charge is -2.26. The number of nitrogens with zero attached hydrogens (tertiary/aromatic N) is 3. The largest absolute Gasteiger partial charge is 0.301 e. The van der Waals surface area contributed by atoms with Crippen molar-refractivity contribution in [3.05, 3.63) is 11.1 Å². The van der Waals surface area contributed by atoms with Gasteiger partial charge in [0.1, 0.15) is 5.82 Å². The summed E-state index contributed by atoms with van der Waals surface area (Å²) in [6.45, 7) is 10.1. The molecule has 2 rings (SSSR count). The van der Waals surface area contributed by atoms with Gasteiger partial charge in [-0.25, -0.2) is 0 Å².